The van der Waals surface area contributed by atoms with E-state index in [0.717, 1.165) is 11.8 Å². The Bertz CT molecular complexity index is 397. The van der Waals surface area contributed by atoms with Gasteiger partial charge >= 0.3 is 5.97 Å². The molecule has 0 radical (unpaired) electrons. The average Bonchev–Trinajstić information content (AvgIpc) is 2.60. The Hall–Kier alpha value is -0.690. The van der Waals surface area contributed by atoms with Gasteiger partial charge in [0.05, 0.1) is 4.87 Å². The van der Waals surface area contributed by atoms with Crippen molar-refractivity contribution in [2.45, 2.75) is 38.6 Å². The number of hydrogen-bond acceptors (Lipinski definition) is 5. The molecule has 1 saturated heterocycles. The van der Waals surface area contributed by atoms with Crippen LogP contribution in [0.15, 0.2) is 0 Å². The Kier molecular flexibility index (Phi) is 5.32. The Labute approximate surface area is 121 Å². The van der Waals surface area contributed by atoms with Gasteiger partial charge < -0.3 is 10.0 Å². The molecule has 1 rings (SSSR count). The van der Waals surface area contributed by atoms with Gasteiger partial charge in [-0.05, 0) is 13.8 Å². The lowest BCUT2D eigenvalue weighted by atomic mass is 10.1. The summed E-state index contributed by atoms with van der Waals surface area (Å²) in [7, 11) is 0. The molecule has 1 fully saturated rings. The van der Waals surface area contributed by atoms with E-state index >= 15 is 0 Å². The van der Waals surface area contributed by atoms with Gasteiger partial charge in [-0.25, -0.2) is 4.79 Å². The van der Waals surface area contributed by atoms with E-state index in [1.165, 1.54) is 23.6 Å². The van der Waals surface area contributed by atoms with E-state index in [1.807, 2.05) is 13.8 Å². The fraction of sp³-hybridized carbons (Fsp3) is 0.750. The summed E-state index contributed by atoms with van der Waals surface area (Å²) in [6.07, 6.45) is 0. The Morgan fingerprint density at radius 2 is 2.05 bits per heavy atom. The SMILES string of the molecule is CC(=O)SC[C@H](C)C(=O)N1[C@@H](C(=O)O)CSC1(C)C. The largest absolute Gasteiger partial charge is 0.480 e. The number of carbonyl (C=O) groups is 3. The quantitative estimate of drug-likeness (QED) is 0.851. The van der Waals surface area contributed by atoms with Crippen molar-refractivity contribution >= 4 is 40.5 Å². The Morgan fingerprint density at radius 1 is 1.47 bits per heavy atom. The van der Waals surface area contributed by atoms with Gasteiger partial charge in [-0.1, -0.05) is 18.7 Å². The molecule has 1 N–H and O–H groups in total. The van der Waals surface area contributed by atoms with Gasteiger partial charge in [0.1, 0.15) is 6.04 Å². The smallest absolute Gasteiger partial charge is 0.327 e. The minimum absolute atomic E-state index is 0.0375. The lowest BCUT2D eigenvalue weighted by Crippen LogP contribution is -2.52. The Morgan fingerprint density at radius 3 is 2.53 bits per heavy atom. The van der Waals surface area contributed by atoms with E-state index in [2.05, 4.69) is 0 Å². The zero-order valence-electron chi connectivity index (χ0n) is 11.5. The molecule has 0 saturated carbocycles. The van der Waals surface area contributed by atoms with Crippen LogP contribution in [0.4, 0.5) is 0 Å². The molecular weight excluding hydrogens is 286 g/mol. The number of amides is 1. The van der Waals surface area contributed by atoms with Crippen LogP contribution in [0.5, 0.6) is 0 Å². The number of hydrogen-bond donors (Lipinski definition) is 1. The first kappa shape index (κ1) is 16.4. The predicted molar refractivity (Wildman–Crippen MR) is 77.1 cm³/mol. The topological polar surface area (TPSA) is 74.7 Å². The maximum atomic E-state index is 12.4. The van der Waals surface area contributed by atoms with Gasteiger partial charge in [-0.2, -0.15) is 0 Å². The van der Waals surface area contributed by atoms with Gasteiger partial charge in [0, 0.05) is 24.3 Å². The fourth-order valence-corrected chi connectivity index (χ4v) is 3.79. The molecule has 5 nitrogen and oxygen atoms in total. The molecule has 1 aliphatic rings. The fourth-order valence-electron chi connectivity index (χ4n) is 1.95. The average molecular weight is 305 g/mol. The van der Waals surface area contributed by atoms with E-state index in [-0.39, 0.29) is 16.9 Å². The predicted octanol–water partition coefficient (Wildman–Crippen LogP) is 1.67. The summed E-state index contributed by atoms with van der Waals surface area (Å²) in [4.78, 5) is 35.5. The number of rotatable bonds is 4. The van der Waals surface area contributed by atoms with Gasteiger partial charge in [-0.3, -0.25) is 9.59 Å². The highest BCUT2D eigenvalue weighted by molar-refractivity contribution is 8.13. The third kappa shape index (κ3) is 3.89. The van der Waals surface area contributed by atoms with E-state index in [0.29, 0.717) is 11.5 Å². The van der Waals surface area contributed by atoms with E-state index in [4.69, 9.17) is 0 Å². The summed E-state index contributed by atoms with van der Waals surface area (Å²) in [5, 5.41) is 9.16. The molecule has 0 aromatic carbocycles. The van der Waals surface area contributed by atoms with Crippen LogP contribution in [0.25, 0.3) is 0 Å². The highest BCUT2D eigenvalue weighted by Crippen LogP contribution is 2.40. The van der Waals surface area contributed by atoms with Crippen LogP contribution in [0.3, 0.4) is 0 Å². The van der Waals surface area contributed by atoms with Crippen molar-refractivity contribution in [2.24, 2.45) is 5.92 Å². The second-order valence-corrected chi connectivity index (χ2v) is 7.84. The normalized spacial score (nSPS) is 23.2. The summed E-state index contributed by atoms with van der Waals surface area (Å²) in [6, 6.07) is -0.780. The number of carboxylic acid groups (broad SMARTS) is 1. The first-order chi connectivity index (χ1) is 8.66. The second kappa shape index (κ2) is 6.17. The molecule has 0 bridgehead atoms. The highest BCUT2D eigenvalue weighted by atomic mass is 32.2. The molecular formula is C12H19NO4S2. The molecule has 108 valence electrons. The van der Waals surface area contributed by atoms with Crippen molar-refractivity contribution in [3.05, 3.63) is 0 Å². The molecule has 0 aromatic rings. The number of carboxylic acids is 1. The van der Waals surface area contributed by atoms with Crippen LogP contribution in [-0.4, -0.2) is 49.4 Å². The molecule has 0 spiro atoms. The summed E-state index contributed by atoms with van der Waals surface area (Å²) >= 11 is 2.56. The minimum atomic E-state index is -0.974. The van der Waals surface area contributed by atoms with E-state index in [1.54, 1.807) is 6.92 Å². The van der Waals surface area contributed by atoms with Gasteiger partial charge in [0.25, 0.3) is 0 Å². The molecule has 7 heteroatoms. The van der Waals surface area contributed by atoms with Crippen LogP contribution in [0, 0.1) is 5.92 Å². The maximum Gasteiger partial charge on any atom is 0.327 e. The third-order valence-corrected chi connectivity index (χ3v) is 5.43. The number of nitrogens with zero attached hydrogens (tertiary/aromatic N) is 1. The van der Waals surface area contributed by atoms with Gasteiger partial charge in [0.15, 0.2) is 5.12 Å². The van der Waals surface area contributed by atoms with Crippen molar-refractivity contribution in [3.63, 3.8) is 0 Å². The number of aliphatic carboxylic acids is 1. The van der Waals surface area contributed by atoms with Crippen LogP contribution >= 0.6 is 23.5 Å². The minimum Gasteiger partial charge on any atom is -0.480 e. The molecule has 1 heterocycles. The first-order valence-corrected chi connectivity index (χ1v) is 7.97. The molecule has 2 atom stereocenters. The zero-order chi connectivity index (χ0) is 14.8. The van der Waals surface area contributed by atoms with Crippen molar-refractivity contribution in [1.82, 2.24) is 4.90 Å². The molecule has 19 heavy (non-hydrogen) atoms. The van der Waals surface area contributed by atoms with Crippen molar-refractivity contribution in [3.8, 4) is 0 Å². The van der Waals surface area contributed by atoms with E-state index < -0.39 is 16.9 Å². The molecule has 0 aliphatic carbocycles. The zero-order valence-corrected chi connectivity index (χ0v) is 13.1. The van der Waals surface area contributed by atoms with Crippen molar-refractivity contribution < 1.29 is 19.5 Å². The monoisotopic (exact) mass is 305 g/mol. The molecule has 0 aromatic heterocycles. The van der Waals surface area contributed by atoms with Gasteiger partial charge in [0.2, 0.25) is 5.91 Å². The van der Waals surface area contributed by atoms with Crippen LogP contribution in [-0.2, 0) is 14.4 Å². The van der Waals surface area contributed by atoms with E-state index in [9.17, 15) is 19.5 Å². The third-order valence-electron chi connectivity index (χ3n) is 2.97. The second-order valence-electron chi connectivity index (χ2n) is 5.02. The van der Waals surface area contributed by atoms with Crippen LogP contribution in [0.2, 0.25) is 0 Å². The summed E-state index contributed by atoms with van der Waals surface area (Å²) in [6.45, 7) is 6.89. The molecule has 0 unspecified atom stereocenters. The number of carbonyl (C=O) groups excluding carboxylic acids is 2. The summed E-state index contributed by atoms with van der Waals surface area (Å²) < 4.78 is 0. The summed E-state index contributed by atoms with van der Waals surface area (Å²) in [5.74, 6) is -0.749. The molecule has 1 amide bonds. The number of thioether (sulfide) groups is 2. The lowest BCUT2D eigenvalue weighted by molar-refractivity contribution is -0.152. The standard InChI is InChI=1S/C12H19NO4S2/c1-7(5-18-8(2)14)10(15)13-9(11(16)17)6-19-12(13,3)4/h7,9H,5-6H2,1-4H3,(H,16,17)/t7-,9+/m0/s1. The first-order valence-electron chi connectivity index (χ1n) is 6.00. The van der Waals surface area contributed by atoms with Crippen molar-refractivity contribution in [1.29, 1.82) is 0 Å². The van der Waals surface area contributed by atoms with Crippen molar-refractivity contribution in [2.75, 3.05) is 11.5 Å². The Balaban J connectivity index is 2.81. The lowest BCUT2D eigenvalue weighted by Gasteiger charge is -2.35. The van der Waals surface area contributed by atoms with Crippen LogP contribution in [0.1, 0.15) is 27.7 Å². The maximum absolute atomic E-state index is 12.4. The summed E-state index contributed by atoms with van der Waals surface area (Å²) in [5.41, 5.74) is 0. The molecule has 1 aliphatic heterocycles. The van der Waals surface area contributed by atoms with Crippen LogP contribution < -0.4 is 0 Å². The highest BCUT2D eigenvalue weighted by Gasteiger charge is 2.47. The van der Waals surface area contributed by atoms with Gasteiger partial charge in [-0.15, -0.1) is 11.8 Å².